The molecule has 5 nitrogen and oxygen atoms in total. The van der Waals surface area contributed by atoms with Crippen molar-refractivity contribution in [3.05, 3.63) is 23.9 Å². The molecule has 0 atom stereocenters. The van der Waals surface area contributed by atoms with Crippen molar-refractivity contribution in [2.45, 2.75) is 52.8 Å². The molecule has 0 saturated carbocycles. The second-order valence-corrected chi connectivity index (χ2v) is 5.72. The number of nitrogens with one attached hydrogen (secondary N) is 1. The number of nitrogens with zero attached hydrogens (tertiary/aromatic N) is 2. The predicted molar refractivity (Wildman–Crippen MR) is 93.6 cm³/mol. The number of nitrogens with two attached hydrogens (primary N) is 1. The molecular formula is C14H25IN4O. The Hall–Kier alpha value is -1.05. The maximum atomic E-state index is 5.73. The van der Waals surface area contributed by atoms with Gasteiger partial charge in [0.1, 0.15) is 5.60 Å². The Morgan fingerprint density at radius 2 is 2.05 bits per heavy atom. The van der Waals surface area contributed by atoms with E-state index in [1.165, 1.54) is 0 Å². The van der Waals surface area contributed by atoms with Crippen molar-refractivity contribution < 1.29 is 4.74 Å². The van der Waals surface area contributed by atoms with Crippen molar-refractivity contribution in [1.29, 1.82) is 0 Å². The second-order valence-electron chi connectivity index (χ2n) is 5.72. The van der Waals surface area contributed by atoms with Crippen LogP contribution in [0.15, 0.2) is 23.3 Å². The van der Waals surface area contributed by atoms with Gasteiger partial charge in [0.25, 0.3) is 0 Å². The first-order valence-electron chi connectivity index (χ1n) is 6.46. The zero-order valence-corrected chi connectivity index (χ0v) is 15.1. The highest BCUT2D eigenvalue weighted by molar-refractivity contribution is 14.0. The molecule has 0 unspecified atom stereocenters. The standard InChI is InChI=1S/C14H24N4O.HI/c1-10(2)18-13(15)17-9-11-6-7-12(16-8-11)19-14(3,4)5;/h6-8,10H,9H2,1-5H3,(H3,15,17,18);1H. The van der Waals surface area contributed by atoms with E-state index in [4.69, 9.17) is 10.5 Å². The highest BCUT2D eigenvalue weighted by Gasteiger charge is 2.12. The summed E-state index contributed by atoms with van der Waals surface area (Å²) in [7, 11) is 0. The van der Waals surface area contributed by atoms with Crippen molar-refractivity contribution in [1.82, 2.24) is 10.3 Å². The van der Waals surface area contributed by atoms with Gasteiger partial charge in [0.05, 0.1) is 6.54 Å². The van der Waals surface area contributed by atoms with Gasteiger partial charge < -0.3 is 15.8 Å². The normalized spacial score (nSPS) is 12.0. The molecule has 6 heteroatoms. The Balaban J connectivity index is 0.00000361. The average molecular weight is 392 g/mol. The summed E-state index contributed by atoms with van der Waals surface area (Å²) >= 11 is 0. The summed E-state index contributed by atoms with van der Waals surface area (Å²) in [5.74, 6) is 1.07. The second kappa shape index (κ2) is 8.28. The van der Waals surface area contributed by atoms with Gasteiger partial charge in [0, 0.05) is 18.3 Å². The van der Waals surface area contributed by atoms with Gasteiger partial charge >= 0.3 is 0 Å². The van der Waals surface area contributed by atoms with Crippen molar-refractivity contribution in [2.75, 3.05) is 0 Å². The molecule has 0 saturated heterocycles. The minimum absolute atomic E-state index is 0. The summed E-state index contributed by atoms with van der Waals surface area (Å²) in [5, 5.41) is 3.04. The molecule has 1 heterocycles. The van der Waals surface area contributed by atoms with E-state index >= 15 is 0 Å². The van der Waals surface area contributed by atoms with E-state index < -0.39 is 0 Å². The lowest BCUT2D eigenvalue weighted by atomic mass is 10.2. The van der Waals surface area contributed by atoms with Gasteiger partial charge in [-0.2, -0.15) is 0 Å². The first kappa shape index (κ1) is 18.9. The number of hydrogen-bond donors (Lipinski definition) is 2. The largest absolute Gasteiger partial charge is 0.472 e. The van der Waals surface area contributed by atoms with E-state index in [-0.39, 0.29) is 35.6 Å². The molecule has 1 aromatic rings. The van der Waals surface area contributed by atoms with Crippen LogP contribution >= 0.6 is 24.0 Å². The van der Waals surface area contributed by atoms with Crippen LogP contribution in [0.4, 0.5) is 0 Å². The minimum Gasteiger partial charge on any atom is -0.472 e. The molecule has 0 aliphatic heterocycles. The fourth-order valence-corrected chi connectivity index (χ4v) is 1.40. The van der Waals surface area contributed by atoms with Crippen LogP contribution in [-0.4, -0.2) is 22.6 Å². The van der Waals surface area contributed by atoms with Gasteiger partial charge in [0.15, 0.2) is 5.96 Å². The summed E-state index contributed by atoms with van der Waals surface area (Å²) in [5.41, 5.74) is 6.49. The lowest BCUT2D eigenvalue weighted by molar-refractivity contribution is 0.124. The summed E-state index contributed by atoms with van der Waals surface area (Å²) in [6.07, 6.45) is 1.76. The summed E-state index contributed by atoms with van der Waals surface area (Å²) < 4.78 is 5.65. The molecule has 0 aliphatic carbocycles. The molecule has 1 rings (SSSR count). The fraction of sp³-hybridized carbons (Fsp3) is 0.571. The molecule has 114 valence electrons. The van der Waals surface area contributed by atoms with Gasteiger partial charge in [-0.3, -0.25) is 0 Å². The fourth-order valence-electron chi connectivity index (χ4n) is 1.40. The first-order chi connectivity index (χ1) is 8.76. The van der Waals surface area contributed by atoms with E-state index in [0.29, 0.717) is 18.4 Å². The predicted octanol–water partition coefficient (Wildman–Crippen LogP) is 2.69. The third-order valence-electron chi connectivity index (χ3n) is 2.08. The van der Waals surface area contributed by atoms with Gasteiger partial charge in [0.2, 0.25) is 5.88 Å². The molecule has 0 radical (unpaired) electrons. The minimum atomic E-state index is -0.238. The van der Waals surface area contributed by atoms with Crippen LogP contribution in [0.2, 0.25) is 0 Å². The van der Waals surface area contributed by atoms with Crippen molar-refractivity contribution in [2.24, 2.45) is 10.7 Å². The van der Waals surface area contributed by atoms with E-state index in [1.807, 2.05) is 46.8 Å². The highest BCUT2D eigenvalue weighted by Crippen LogP contribution is 2.15. The Morgan fingerprint density at radius 3 is 2.50 bits per heavy atom. The molecule has 0 fully saturated rings. The summed E-state index contributed by atoms with van der Waals surface area (Å²) in [6.45, 7) is 10.5. The third kappa shape index (κ3) is 8.19. The van der Waals surface area contributed by atoms with Crippen LogP contribution in [0, 0.1) is 0 Å². The van der Waals surface area contributed by atoms with Crippen LogP contribution in [0.1, 0.15) is 40.2 Å². The third-order valence-corrected chi connectivity index (χ3v) is 2.08. The Kier molecular flexibility index (Phi) is 7.85. The van der Waals surface area contributed by atoms with Crippen LogP contribution in [0.25, 0.3) is 0 Å². The monoisotopic (exact) mass is 392 g/mol. The lowest BCUT2D eigenvalue weighted by Crippen LogP contribution is -2.36. The van der Waals surface area contributed by atoms with Gasteiger partial charge in [-0.1, -0.05) is 6.07 Å². The number of pyridine rings is 1. The summed E-state index contributed by atoms with van der Waals surface area (Å²) in [4.78, 5) is 8.49. The number of aliphatic imine (C=N–C) groups is 1. The molecule has 20 heavy (non-hydrogen) atoms. The zero-order valence-electron chi connectivity index (χ0n) is 12.8. The maximum Gasteiger partial charge on any atom is 0.213 e. The highest BCUT2D eigenvalue weighted by atomic mass is 127. The number of aromatic nitrogens is 1. The molecule has 0 aliphatic rings. The average Bonchev–Trinajstić information content (AvgIpc) is 2.25. The molecule has 1 aromatic heterocycles. The van der Waals surface area contributed by atoms with E-state index in [0.717, 1.165) is 5.56 Å². The van der Waals surface area contributed by atoms with Crippen molar-refractivity contribution in [3.63, 3.8) is 0 Å². The van der Waals surface area contributed by atoms with Gasteiger partial charge in [-0.15, -0.1) is 24.0 Å². The molecule has 0 aromatic carbocycles. The number of hydrogen-bond acceptors (Lipinski definition) is 3. The quantitative estimate of drug-likeness (QED) is 0.470. The smallest absolute Gasteiger partial charge is 0.213 e. The molecule has 0 bridgehead atoms. The van der Waals surface area contributed by atoms with Crippen LogP contribution in [-0.2, 0) is 6.54 Å². The van der Waals surface area contributed by atoms with E-state index in [9.17, 15) is 0 Å². The topological polar surface area (TPSA) is 72.5 Å². The van der Waals surface area contributed by atoms with Gasteiger partial charge in [-0.25, -0.2) is 9.98 Å². The molecular weight excluding hydrogens is 367 g/mol. The van der Waals surface area contributed by atoms with Crippen molar-refractivity contribution in [3.8, 4) is 5.88 Å². The Bertz CT molecular complexity index is 424. The lowest BCUT2D eigenvalue weighted by Gasteiger charge is -2.20. The zero-order chi connectivity index (χ0) is 14.5. The molecule has 0 amide bonds. The SMILES string of the molecule is CC(C)NC(N)=NCc1ccc(OC(C)(C)C)nc1.I. The van der Waals surface area contributed by atoms with Crippen molar-refractivity contribution >= 4 is 29.9 Å². The Morgan fingerprint density at radius 1 is 1.40 bits per heavy atom. The molecule has 0 spiro atoms. The molecule has 3 N–H and O–H groups in total. The summed E-state index contributed by atoms with van der Waals surface area (Å²) in [6, 6.07) is 4.08. The van der Waals surface area contributed by atoms with Crippen LogP contribution in [0.5, 0.6) is 5.88 Å². The van der Waals surface area contributed by atoms with Crippen LogP contribution in [0.3, 0.4) is 0 Å². The van der Waals surface area contributed by atoms with E-state index in [1.54, 1.807) is 6.20 Å². The van der Waals surface area contributed by atoms with Gasteiger partial charge in [-0.05, 0) is 40.2 Å². The number of rotatable bonds is 4. The Labute approximate surface area is 138 Å². The van der Waals surface area contributed by atoms with E-state index in [2.05, 4.69) is 15.3 Å². The first-order valence-corrected chi connectivity index (χ1v) is 6.46. The van der Waals surface area contributed by atoms with Crippen LogP contribution < -0.4 is 15.8 Å². The number of guanidine groups is 1. The number of ether oxygens (including phenoxy) is 1. The number of halogens is 1. The maximum absolute atomic E-state index is 5.73.